The number of ether oxygens (including phenoxy) is 2. The number of primary amides is 1. The fraction of sp³-hybridized carbons (Fsp3) is 0.450. The topological polar surface area (TPSA) is 104 Å². The maximum absolute atomic E-state index is 13.7. The van der Waals surface area contributed by atoms with Crippen molar-refractivity contribution in [2.45, 2.75) is 32.2 Å². The number of anilines is 2. The second kappa shape index (κ2) is 9.39. The van der Waals surface area contributed by atoms with Crippen molar-refractivity contribution < 1.29 is 18.7 Å². The van der Waals surface area contributed by atoms with Crippen LogP contribution in [0.1, 0.15) is 42.6 Å². The Morgan fingerprint density at radius 2 is 2.34 bits per heavy atom. The summed E-state index contributed by atoms with van der Waals surface area (Å²) < 4.78 is 25.9. The van der Waals surface area contributed by atoms with Crippen LogP contribution in [0, 0.1) is 23.7 Å². The van der Waals surface area contributed by atoms with Crippen molar-refractivity contribution in [2.24, 2.45) is 11.7 Å². The molecule has 8 nitrogen and oxygen atoms in total. The zero-order chi connectivity index (χ0) is 20.8. The minimum absolute atomic E-state index is 0.0576. The van der Waals surface area contributed by atoms with E-state index < -0.39 is 11.9 Å². The summed E-state index contributed by atoms with van der Waals surface area (Å²) in [5.41, 5.74) is 6.05. The molecule has 3 rings (SSSR count). The van der Waals surface area contributed by atoms with E-state index in [-0.39, 0.29) is 29.2 Å². The van der Waals surface area contributed by atoms with E-state index in [9.17, 15) is 9.18 Å². The van der Waals surface area contributed by atoms with Crippen LogP contribution in [-0.2, 0) is 4.74 Å². The second-order valence-corrected chi connectivity index (χ2v) is 6.69. The van der Waals surface area contributed by atoms with Gasteiger partial charge in [0.1, 0.15) is 5.56 Å². The zero-order valence-electron chi connectivity index (χ0n) is 16.4. The second-order valence-electron chi connectivity index (χ2n) is 6.69. The third-order valence-electron chi connectivity index (χ3n) is 4.57. The first-order valence-electron chi connectivity index (χ1n) is 9.45. The molecule has 9 heteroatoms. The molecule has 2 atom stereocenters. The number of nitrogens with zero attached hydrogens (tertiary/aromatic N) is 3. The average molecular weight is 401 g/mol. The minimum atomic E-state index is -0.723. The highest BCUT2D eigenvalue weighted by Crippen LogP contribution is 2.29. The van der Waals surface area contributed by atoms with E-state index in [2.05, 4.69) is 34.2 Å². The molecule has 1 aliphatic heterocycles. The van der Waals surface area contributed by atoms with E-state index in [1.54, 1.807) is 10.9 Å². The van der Waals surface area contributed by atoms with E-state index in [1.165, 1.54) is 19.2 Å². The van der Waals surface area contributed by atoms with Gasteiger partial charge in [-0.1, -0.05) is 12.8 Å². The molecule has 0 saturated carbocycles. The molecule has 2 aromatic rings. The van der Waals surface area contributed by atoms with Crippen molar-refractivity contribution in [1.82, 2.24) is 14.8 Å². The maximum atomic E-state index is 13.7. The summed E-state index contributed by atoms with van der Waals surface area (Å²) in [6.07, 6.45) is 4.18. The highest BCUT2D eigenvalue weighted by atomic mass is 19.1. The fourth-order valence-corrected chi connectivity index (χ4v) is 3.10. The lowest BCUT2D eigenvalue weighted by atomic mass is 9.95. The predicted molar refractivity (Wildman–Crippen MR) is 105 cm³/mol. The van der Waals surface area contributed by atoms with E-state index in [4.69, 9.17) is 15.2 Å². The monoisotopic (exact) mass is 401 g/mol. The van der Waals surface area contributed by atoms with Crippen LogP contribution in [0.15, 0.2) is 18.3 Å². The third-order valence-corrected chi connectivity index (χ3v) is 4.57. The standard InChI is InChI=1S/C20H24FN5O3/c1-3-4-5-6-13-7-8-29-12-16(13)26-11-15(19(22)27)20(25-26)23-14-9-17(21)24-18(10-14)28-2/h9-11,13,16H,3-4,7-8,12H2,1-2H3,(H2,22,27)(H,23,24,25)/t13-,16-/m0/s1. The predicted octanol–water partition coefficient (Wildman–Crippen LogP) is 2.65. The molecule has 1 aliphatic rings. The Kier molecular flexibility index (Phi) is 6.67. The molecule has 0 unspecified atom stereocenters. The summed E-state index contributed by atoms with van der Waals surface area (Å²) in [6.45, 7) is 3.15. The van der Waals surface area contributed by atoms with Gasteiger partial charge < -0.3 is 20.5 Å². The van der Waals surface area contributed by atoms with Crippen LogP contribution in [0.3, 0.4) is 0 Å². The number of methoxy groups -OCH3 is 1. The number of nitrogens with two attached hydrogens (primary N) is 1. The van der Waals surface area contributed by atoms with Gasteiger partial charge in [-0.2, -0.15) is 14.5 Å². The van der Waals surface area contributed by atoms with Gasteiger partial charge in [-0.3, -0.25) is 9.48 Å². The van der Waals surface area contributed by atoms with E-state index in [0.29, 0.717) is 18.9 Å². The molecule has 0 aromatic carbocycles. The normalized spacial score (nSPS) is 18.6. The smallest absolute Gasteiger partial charge is 0.254 e. The number of pyridine rings is 1. The van der Waals surface area contributed by atoms with Crippen molar-refractivity contribution in [3.8, 4) is 17.7 Å². The van der Waals surface area contributed by atoms with Crippen LogP contribution in [-0.4, -0.2) is 41.0 Å². The molecule has 154 valence electrons. The lowest BCUT2D eigenvalue weighted by Crippen LogP contribution is -2.30. The number of amides is 1. The van der Waals surface area contributed by atoms with Crippen molar-refractivity contribution >= 4 is 17.4 Å². The first-order chi connectivity index (χ1) is 14.0. The quantitative estimate of drug-likeness (QED) is 0.570. The molecule has 0 aliphatic carbocycles. The van der Waals surface area contributed by atoms with E-state index in [0.717, 1.165) is 19.3 Å². The van der Waals surface area contributed by atoms with E-state index in [1.807, 2.05) is 0 Å². The number of halogens is 1. The minimum Gasteiger partial charge on any atom is -0.481 e. The van der Waals surface area contributed by atoms with Crippen LogP contribution < -0.4 is 15.8 Å². The van der Waals surface area contributed by atoms with Gasteiger partial charge in [-0.25, -0.2) is 0 Å². The van der Waals surface area contributed by atoms with Crippen molar-refractivity contribution in [2.75, 3.05) is 25.6 Å². The Morgan fingerprint density at radius 3 is 3.07 bits per heavy atom. The van der Waals surface area contributed by atoms with Crippen LogP contribution >= 0.6 is 0 Å². The average Bonchev–Trinajstić information content (AvgIpc) is 3.12. The Hall–Kier alpha value is -3.12. The summed E-state index contributed by atoms with van der Waals surface area (Å²) >= 11 is 0. The van der Waals surface area contributed by atoms with Crippen LogP contribution in [0.25, 0.3) is 0 Å². The van der Waals surface area contributed by atoms with Gasteiger partial charge in [0, 0.05) is 43.0 Å². The van der Waals surface area contributed by atoms with Crippen molar-refractivity contribution in [3.63, 3.8) is 0 Å². The lowest BCUT2D eigenvalue weighted by Gasteiger charge is -2.28. The SMILES string of the molecule is CCCC#C[C@H]1CCOC[C@@H]1n1cc(C(N)=O)c(Nc2cc(F)nc(OC)c2)n1. The number of carbonyl (C=O) groups is 1. The summed E-state index contributed by atoms with van der Waals surface area (Å²) in [5, 5.41) is 7.41. The maximum Gasteiger partial charge on any atom is 0.254 e. The molecular formula is C20H24FN5O3. The van der Waals surface area contributed by atoms with Crippen molar-refractivity contribution in [3.05, 3.63) is 29.8 Å². The number of unbranched alkanes of at least 4 members (excludes halogenated alkanes) is 1. The van der Waals surface area contributed by atoms with Gasteiger partial charge in [0.15, 0.2) is 5.82 Å². The van der Waals surface area contributed by atoms with Crippen LogP contribution in [0.5, 0.6) is 5.88 Å². The van der Waals surface area contributed by atoms with Crippen molar-refractivity contribution in [1.29, 1.82) is 0 Å². The highest BCUT2D eigenvalue weighted by Gasteiger charge is 2.28. The first-order valence-corrected chi connectivity index (χ1v) is 9.45. The molecule has 1 saturated heterocycles. The summed E-state index contributed by atoms with van der Waals surface area (Å²) in [4.78, 5) is 15.5. The largest absolute Gasteiger partial charge is 0.481 e. The Bertz CT molecular complexity index is 934. The number of nitrogens with one attached hydrogen (secondary N) is 1. The molecule has 1 amide bonds. The third kappa shape index (κ3) is 5.03. The van der Waals surface area contributed by atoms with Gasteiger partial charge in [0.2, 0.25) is 11.8 Å². The number of hydrogen-bond acceptors (Lipinski definition) is 6. The summed E-state index contributed by atoms with van der Waals surface area (Å²) in [5.74, 6) is 5.49. The fourth-order valence-electron chi connectivity index (χ4n) is 3.10. The Balaban J connectivity index is 1.91. The first kappa shape index (κ1) is 20.6. The molecule has 1 fully saturated rings. The summed E-state index contributed by atoms with van der Waals surface area (Å²) in [6, 6.07) is 2.52. The van der Waals surface area contributed by atoms with E-state index >= 15 is 0 Å². The molecule has 3 heterocycles. The van der Waals surface area contributed by atoms with Gasteiger partial charge in [0.25, 0.3) is 5.91 Å². The molecule has 2 aromatic heterocycles. The molecule has 0 spiro atoms. The zero-order valence-corrected chi connectivity index (χ0v) is 16.4. The molecule has 0 radical (unpaired) electrons. The Morgan fingerprint density at radius 1 is 1.52 bits per heavy atom. The van der Waals surface area contributed by atoms with Gasteiger partial charge >= 0.3 is 0 Å². The molecular weight excluding hydrogens is 377 g/mol. The van der Waals surface area contributed by atoms with Crippen LogP contribution in [0.2, 0.25) is 0 Å². The summed E-state index contributed by atoms with van der Waals surface area (Å²) in [7, 11) is 1.39. The van der Waals surface area contributed by atoms with Gasteiger partial charge in [0.05, 0.1) is 19.8 Å². The number of rotatable bonds is 6. The van der Waals surface area contributed by atoms with Gasteiger partial charge in [-0.15, -0.1) is 5.92 Å². The molecule has 29 heavy (non-hydrogen) atoms. The number of carbonyl (C=O) groups excluding carboxylic acids is 1. The number of hydrogen-bond donors (Lipinski definition) is 2. The highest BCUT2D eigenvalue weighted by molar-refractivity contribution is 5.98. The lowest BCUT2D eigenvalue weighted by molar-refractivity contribution is 0.0347. The number of aromatic nitrogens is 3. The molecule has 0 bridgehead atoms. The van der Waals surface area contributed by atoms with Crippen LogP contribution in [0.4, 0.5) is 15.9 Å². The Labute approximate surface area is 168 Å². The molecule has 3 N–H and O–H groups in total. The van der Waals surface area contributed by atoms with Gasteiger partial charge in [-0.05, 0) is 12.8 Å².